The van der Waals surface area contributed by atoms with Crippen molar-refractivity contribution in [1.82, 2.24) is 13.9 Å². The largest absolute Gasteiger partial charge is 0.326 e. The molecular weight excluding hydrogens is 392 g/mol. The van der Waals surface area contributed by atoms with Crippen LogP contribution in [0.25, 0.3) is 10.9 Å². The number of benzene rings is 1. The molecule has 1 aromatic carbocycles. The maximum Gasteiger partial charge on any atom is 0.261 e. The lowest BCUT2D eigenvalue weighted by molar-refractivity contribution is -0.120. The van der Waals surface area contributed by atoms with E-state index < -0.39 is 15.9 Å². The monoisotopic (exact) mass is 418 g/mol. The fourth-order valence-corrected chi connectivity index (χ4v) is 5.79. The second kappa shape index (κ2) is 7.87. The van der Waals surface area contributed by atoms with Crippen molar-refractivity contribution in [2.24, 2.45) is 5.92 Å². The maximum absolute atomic E-state index is 12.8. The minimum absolute atomic E-state index is 0.0758. The molecule has 0 bridgehead atoms. The molecule has 156 valence electrons. The van der Waals surface area contributed by atoms with Crippen LogP contribution in [-0.4, -0.2) is 47.0 Å². The second-order valence-electron chi connectivity index (χ2n) is 7.82. The van der Waals surface area contributed by atoms with Crippen molar-refractivity contribution in [2.45, 2.75) is 45.6 Å². The molecule has 29 heavy (non-hydrogen) atoms. The van der Waals surface area contributed by atoms with Crippen LogP contribution in [0.4, 0.5) is 5.69 Å². The van der Waals surface area contributed by atoms with Gasteiger partial charge in [0.05, 0.1) is 22.6 Å². The van der Waals surface area contributed by atoms with E-state index in [1.165, 1.54) is 4.31 Å². The van der Waals surface area contributed by atoms with Crippen molar-refractivity contribution in [1.29, 1.82) is 0 Å². The molecule has 1 aromatic heterocycles. The van der Waals surface area contributed by atoms with Crippen LogP contribution >= 0.6 is 0 Å². The fourth-order valence-electron chi connectivity index (χ4n) is 4.20. The Labute approximate surface area is 170 Å². The zero-order chi connectivity index (χ0) is 20.6. The predicted molar refractivity (Wildman–Crippen MR) is 111 cm³/mol. The lowest BCUT2D eigenvalue weighted by Crippen LogP contribution is -2.44. The van der Waals surface area contributed by atoms with E-state index in [-0.39, 0.29) is 23.8 Å². The van der Waals surface area contributed by atoms with E-state index in [1.807, 2.05) is 6.92 Å². The van der Waals surface area contributed by atoms with E-state index in [0.29, 0.717) is 48.9 Å². The molecule has 2 aliphatic heterocycles. The van der Waals surface area contributed by atoms with Crippen molar-refractivity contribution >= 4 is 32.5 Å². The van der Waals surface area contributed by atoms with Crippen molar-refractivity contribution in [3.63, 3.8) is 0 Å². The number of amides is 1. The van der Waals surface area contributed by atoms with Gasteiger partial charge in [0.15, 0.2) is 0 Å². The number of nitrogens with zero attached hydrogens (tertiary/aromatic N) is 3. The number of piperidine rings is 1. The van der Waals surface area contributed by atoms with Crippen molar-refractivity contribution < 1.29 is 13.2 Å². The Bertz CT molecular complexity index is 1110. The van der Waals surface area contributed by atoms with Gasteiger partial charge in [-0.15, -0.1) is 0 Å². The minimum atomic E-state index is -3.31. The lowest BCUT2D eigenvalue weighted by atomic mass is 9.98. The average Bonchev–Trinajstić information content (AvgIpc) is 3.17. The standard InChI is InChI=1S/C20H26N4O4S/c1-2-11-29(27,28)23-9-3-5-14(13-23)19(25)21-15-7-8-17-16(12-15)20(26)24-10-4-6-18(24)22-17/h7-8,12,14H,2-6,9-11,13H2,1H3,(H,21,25)/t14-/m1/s1. The summed E-state index contributed by atoms with van der Waals surface area (Å²) < 4.78 is 27.8. The highest BCUT2D eigenvalue weighted by Gasteiger charge is 2.32. The first kappa shape index (κ1) is 20.0. The highest BCUT2D eigenvalue weighted by molar-refractivity contribution is 7.89. The van der Waals surface area contributed by atoms with E-state index >= 15 is 0 Å². The summed E-state index contributed by atoms with van der Waals surface area (Å²) in [5.41, 5.74) is 1.09. The van der Waals surface area contributed by atoms with Crippen LogP contribution in [0.1, 0.15) is 38.4 Å². The van der Waals surface area contributed by atoms with Crippen LogP contribution in [-0.2, 0) is 27.8 Å². The number of sulfonamides is 1. The molecule has 1 fully saturated rings. The Morgan fingerprint density at radius 2 is 2.10 bits per heavy atom. The van der Waals surface area contributed by atoms with E-state index in [4.69, 9.17) is 0 Å². The molecule has 1 N–H and O–H groups in total. The molecular formula is C20H26N4O4S. The molecule has 0 saturated carbocycles. The quantitative estimate of drug-likeness (QED) is 0.797. The van der Waals surface area contributed by atoms with Crippen molar-refractivity contribution in [3.8, 4) is 0 Å². The number of carbonyl (C=O) groups is 1. The molecule has 0 aliphatic carbocycles. The molecule has 8 nitrogen and oxygen atoms in total. The normalized spacial score (nSPS) is 20.0. The molecule has 2 aliphatic rings. The molecule has 2 aromatic rings. The first-order valence-electron chi connectivity index (χ1n) is 10.2. The summed E-state index contributed by atoms with van der Waals surface area (Å²) in [5.74, 6) is 0.308. The second-order valence-corrected chi connectivity index (χ2v) is 9.91. The molecule has 4 rings (SSSR count). The fraction of sp³-hybridized carbons (Fsp3) is 0.550. The third-order valence-corrected chi connectivity index (χ3v) is 7.74. The lowest BCUT2D eigenvalue weighted by Gasteiger charge is -2.31. The van der Waals surface area contributed by atoms with E-state index in [9.17, 15) is 18.0 Å². The van der Waals surface area contributed by atoms with Crippen LogP contribution in [0.2, 0.25) is 0 Å². The molecule has 1 atom stereocenters. The Kier molecular flexibility index (Phi) is 5.44. The van der Waals surface area contributed by atoms with Gasteiger partial charge < -0.3 is 5.32 Å². The van der Waals surface area contributed by atoms with Crippen LogP contribution in [0.15, 0.2) is 23.0 Å². The molecule has 1 saturated heterocycles. The summed E-state index contributed by atoms with van der Waals surface area (Å²) in [7, 11) is -3.31. The van der Waals surface area contributed by atoms with Gasteiger partial charge in [-0.2, -0.15) is 0 Å². The molecule has 0 radical (unpaired) electrons. The van der Waals surface area contributed by atoms with Gasteiger partial charge in [0.25, 0.3) is 5.56 Å². The Morgan fingerprint density at radius 3 is 2.90 bits per heavy atom. The highest BCUT2D eigenvalue weighted by atomic mass is 32.2. The van der Waals surface area contributed by atoms with E-state index in [0.717, 1.165) is 18.7 Å². The molecule has 0 spiro atoms. The van der Waals surface area contributed by atoms with Crippen LogP contribution in [0.3, 0.4) is 0 Å². The van der Waals surface area contributed by atoms with Gasteiger partial charge >= 0.3 is 0 Å². The topological polar surface area (TPSA) is 101 Å². The smallest absolute Gasteiger partial charge is 0.261 e. The number of rotatable bonds is 5. The van der Waals surface area contributed by atoms with Gasteiger partial charge in [0, 0.05) is 31.7 Å². The van der Waals surface area contributed by atoms with Crippen LogP contribution in [0.5, 0.6) is 0 Å². The molecule has 0 unspecified atom stereocenters. The number of hydrogen-bond acceptors (Lipinski definition) is 5. The summed E-state index contributed by atoms with van der Waals surface area (Å²) >= 11 is 0. The summed E-state index contributed by atoms with van der Waals surface area (Å²) in [4.78, 5) is 30.0. The van der Waals surface area contributed by atoms with Gasteiger partial charge in [-0.05, 0) is 43.9 Å². The molecule has 9 heteroatoms. The van der Waals surface area contributed by atoms with Gasteiger partial charge in [0.2, 0.25) is 15.9 Å². The third-order valence-electron chi connectivity index (χ3n) is 5.69. The highest BCUT2D eigenvalue weighted by Crippen LogP contribution is 2.23. The van der Waals surface area contributed by atoms with Crippen LogP contribution < -0.4 is 10.9 Å². The van der Waals surface area contributed by atoms with Gasteiger partial charge in [0.1, 0.15) is 5.82 Å². The predicted octanol–water partition coefficient (Wildman–Crippen LogP) is 1.73. The van der Waals surface area contributed by atoms with Crippen LogP contribution in [0, 0.1) is 5.92 Å². The van der Waals surface area contributed by atoms with Crippen molar-refractivity contribution in [3.05, 3.63) is 34.4 Å². The number of fused-ring (bicyclic) bond motifs is 2. The first-order valence-corrected chi connectivity index (χ1v) is 11.8. The van der Waals surface area contributed by atoms with E-state index in [2.05, 4.69) is 10.3 Å². The number of hydrogen-bond donors (Lipinski definition) is 1. The molecule has 1 amide bonds. The summed E-state index contributed by atoms with van der Waals surface area (Å²) in [6.45, 7) is 3.19. The maximum atomic E-state index is 12.8. The number of aryl methyl sites for hydroxylation is 1. The number of nitrogens with one attached hydrogen (secondary N) is 1. The van der Waals surface area contributed by atoms with Gasteiger partial charge in [-0.1, -0.05) is 6.92 Å². The summed E-state index contributed by atoms with van der Waals surface area (Å²) in [6, 6.07) is 5.17. The number of anilines is 1. The van der Waals surface area contributed by atoms with E-state index in [1.54, 1.807) is 22.8 Å². The zero-order valence-corrected chi connectivity index (χ0v) is 17.4. The minimum Gasteiger partial charge on any atom is -0.326 e. The Balaban J connectivity index is 1.52. The summed E-state index contributed by atoms with van der Waals surface area (Å²) in [5, 5.41) is 3.36. The number of aromatic nitrogens is 2. The van der Waals surface area contributed by atoms with Gasteiger partial charge in [-0.25, -0.2) is 17.7 Å². The third kappa shape index (κ3) is 3.93. The number of carbonyl (C=O) groups excluding carboxylic acids is 1. The molecule has 3 heterocycles. The SMILES string of the molecule is CCCS(=O)(=O)N1CCC[C@@H](C(=O)Nc2ccc3nc4n(c(=O)c3c2)CCC4)C1. The first-order chi connectivity index (χ1) is 13.9. The average molecular weight is 419 g/mol. The summed E-state index contributed by atoms with van der Waals surface area (Å²) in [6.07, 6.45) is 3.59. The Morgan fingerprint density at radius 1 is 1.28 bits per heavy atom. The zero-order valence-electron chi connectivity index (χ0n) is 16.6. The van der Waals surface area contributed by atoms with Crippen molar-refractivity contribution in [2.75, 3.05) is 24.2 Å². The van der Waals surface area contributed by atoms with Gasteiger partial charge in [-0.3, -0.25) is 14.2 Å². The Hall–Kier alpha value is -2.26.